The highest BCUT2D eigenvalue weighted by Crippen LogP contribution is 2.26. The summed E-state index contributed by atoms with van der Waals surface area (Å²) in [5.74, 6) is -0.365. The first kappa shape index (κ1) is 16.6. The third-order valence-electron chi connectivity index (χ3n) is 4.74. The number of phenolic OH excluding ortho intramolecular Hbond substituents is 1. The van der Waals surface area contributed by atoms with Gasteiger partial charge in [-0.25, -0.2) is 10.0 Å². The van der Waals surface area contributed by atoms with Crippen molar-refractivity contribution < 1.29 is 19.5 Å². The molecule has 1 aromatic heterocycles. The Morgan fingerprint density at radius 1 is 1.27 bits per heavy atom. The molecule has 2 aliphatic rings. The number of phenols is 1. The molecule has 0 aliphatic carbocycles. The highest BCUT2D eigenvalue weighted by Gasteiger charge is 2.36. The molecule has 3 heterocycles. The van der Waals surface area contributed by atoms with Crippen LogP contribution in [0, 0.1) is 0 Å². The zero-order valence-electron chi connectivity index (χ0n) is 14.2. The van der Waals surface area contributed by atoms with Gasteiger partial charge in [0, 0.05) is 18.3 Å². The summed E-state index contributed by atoms with van der Waals surface area (Å²) >= 11 is 0. The van der Waals surface area contributed by atoms with E-state index in [-0.39, 0.29) is 24.1 Å². The van der Waals surface area contributed by atoms with Gasteiger partial charge in [0.05, 0.1) is 31.7 Å². The first-order chi connectivity index (χ1) is 12.6. The molecule has 2 amide bonds. The van der Waals surface area contributed by atoms with E-state index in [0.29, 0.717) is 25.3 Å². The summed E-state index contributed by atoms with van der Waals surface area (Å²) in [5.41, 5.74) is 1.18. The molecule has 8 heteroatoms. The van der Waals surface area contributed by atoms with Crippen molar-refractivity contribution in [1.29, 1.82) is 0 Å². The zero-order chi connectivity index (χ0) is 18.1. The van der Waals surface area contributed by atoms with Gasteiger partial charge in [-0.3, -0.25) is 14.4 Å². The second kappa shape index (κ2) is 6.80. The van der Waals surface area contributed by atoms with Crippen LogP contribution in [0.3, 0.4) is 0 Å². The average molecular weight is 356 g/mol. The van der Waals surface area contributed by atoms with Crippen LogP contribution in [0.1, 0.15) is 34.9 Å². The van der Waals surface area contributed by atoms with Crippen LogP contribution in [0.25, 0.3) is 0 Å². The van der Waals surface area contributed by atoms with Gasteiger partial charge >= 0.3 is 0 Å². The van der Waals surface area contributed by atoms with Crippen molar-refractivity contribution in [2.24, 2.45) is 0 Å². The summed E-state index contributed by atoms with van der Waals surface area (Å²) in [6, 6.07) is 5.65. The van der Waals surface area contributed by atoms with E-state index >= 15 is 0 Å². The zero-order valence-corrected chi connectivity index (χ0v) is 14.2. The van der Waals surface area contributed by atoms with E-state index in [1.165, 1.54) is 17.2 Å². The van der Waals surface area contributed by atoms with Crippen LogP contribution in [0.2, 0.25) is 0 Å². The molecule has 0 saturated carbocycles. The van der Waals surface area contributed by atoms with Crippen molar-refractivity contribution in [3.63, 3.8) is 0 Å². The Morgan fingerprint density at radius 3 is 2.92 bits per heavy atom. The monoisotopic (exact) mass is 356 g/mol. The first-order valence-electron chi connectivity index (χ1n) is 8.67. The Bertz CT molecular complexity index is 828. The van der Waals surface area contributed by atoms with E-state index in [2.05, 4.69) is 4.98 Å². The summed E-state index contributed by atoms with van der Waals surface area (Å²) in [4.78, 5) is 37.0. The third kappa shape index (κ3) is 3.03. The van der Waals surface area contributed by atoms with Gasteiger partial charge < -0.3 is 14.6 Å². The van der Waals surface area contributed by atoms with Gasteiger partial charge in [-0.05, 0) is 31.0 Å². The molecule has 0 unspecified atom stereocenters. The highest BCUT2D eigenvalue weighted by atomic mass is 16.7. The lowest BCUT2D eigenvalue weighted by molar-refractivity contribution is -0.201. The van der Waals surface area contributed by atoms with Crippen LogP contribution in [0.5, 0.6) is 5.75 Å². The predicted molar refractivity (Wildman–Crippen MR) is 91.0 cm³/mol. The van der Waals surface area contributed by atoms with Gasteiger partial charge in [0.25, 0.3) is 11.8 Å². The number of benzene rings is 1. The largest absolute Gasteiger partial charge is 0.508 e. The van der Waals surface area contributed by atoms with Crippen LogP contribution in [0.4, 0.5) is 0 Å². The normalized spacial score (nSPS) is 19.9. The lowest BCUT2D eigenvalue weighted by atomic mass is 10.1. The van der Waals surface area contributed by atoms with Gasteiger partial charge in [0.15, 0.2) is 0 Å². The molecule has 2 aromatic rings. The molecular formula is C18H20N4O4. The van der Waals surface area contributed by atoms with E-state index < -0.39 is 6.04 Å². The number of carbonyl (C=O) groups excluding carboxylic acids is 2. The van der Waals surface area contributed by atoms with Gasteiger partial charge in [-0.2, -0.15) is 0 Å². The minimum absolute atomic E-state index is 0.0345. The van der Waals surface area contributed by atoms with Gasteiger partial charge in [-0.1, -0.05) is 6.07 Å². The van der Waals surface area contributed by atoms with Crippen molar-refractivity contribution in [2.75, 3.05) is 19.7 Å². The molecule has 0 bridgehead atoms. The number of aromatic nitrogens is 2. The molecule has 1 aromatic carbocycles. The quantitative estimate of drug-likeness (QED) is 0.877. The number of carbonyl (C=O) groups is 2. The lowest BCUT2D eigenvalue weighted by Gasteiger charge is -2.36. The van der Waals surface area contributed by atoms with E-state index in [0.717, 1.165) is 18.5 Å². The third-order valence-corrected chi connectivity index (χ3v) is 4.74. The summed E-state index contributed by atoms with van der Waals surface area (Å²) in [7, 11) is 0. The van der Waals surface area contributed by atoms with Crippen molar-refractivity contribution in [3.8, 4) is 5.75 Å². The lowest BCUT2D eigenvalue weighted by Crippen LogP contribution is -2.48. The molecule has 26 heavy (non-hydrogen) atoms. The number of hydroxylamine groups is 2. The van der Waals surface area contributed by atoms with Gasteiger partial charge in [-0.15, -0.1) is 0 Å². The molecule has 0 radical (unpaired) electrons. The number of fused-ring (bicyclic) bond motifs is 1. The fraction of sp³-hybridized carbons (Fsp3) is 0.389. The second-order valence-corrected chi connectivity index (χ2v) is 6.52. The van der Waals surface area contributed by atoms with Crippen molar-refractivity contribution in [3.05, 3.63) is 48.0 Å². The number of nitrogens with zero attached hydrogens (tertiary/aromatic N) is 4. The standard InChI is InChI=1S/C18H20N4O4/c23-15-5-3-4-13(8-15)17(24)20-10-14-9-19-12-21(14)16(11-20)18(25)22-6-1-2-7-26-22/h3-5,8-9,12,16,23H,1-2,6-7,10-11H2/t16-/m1/s1. The Morgan fingerprint density at radius 2 is 2.15 bits per heavy atom. The number of hydrogen-bond acceptors (Lipinski definition) is 5. The Kier molecular flexibility index (Phi) is 4.34. The number of aromatic hydroxyl groups is 1. The number of imidazole rings is 1. The number of amides is 2. The van der Waals surface area contributed by atoms with Crippen LogP contribution >= 0.6 is 0 Å². The Balaban J connectivity index is 1.59. The van der Waals surface area contributed by atoms with Crippen LogP contribution in [-0.2, 0) is 16.2 Å². The van der Waals surface area contributed by atoms with Crippen LogP contribution in [-0.4, -0.2) is 56.1 Å². The van der Waals surface area contributed by atoms with Crippen molar-refractivity contribution in [1.82, 2.24) is 19.5 Å². The topological polar surface area (TPSA) is 87.9 Å². The molecule has 1 saturated heterocycles. The Hall–Kier alpha value is -2.87. The summed E-state index contributed by atoms with van der Waals surface area (Å²) < 4.78 is 1.81. The van der Waals surface area contributed by atoms with Gasteiger partial charge in [0.2, 0.25) is 0 Å². The second-order valence-electron chi connectivity index (χ2n) is 6.52. The van der Waals surface area contributed by atoms with Crippen molar-refractivity contribution >= 4 is 11.8 Å². The van der Waals surface area contributed by atoms with Crippen LogP contribution < -0.4 is 0 Å². The minimum Gasteiger partial charge on any atom is -0.508 e. The van der Waals surface area contributed by atoms with E-state index in [4.69, 9.17) is 4.84 Å². The minimum atomic E-state index is -0.569. The molecule has 4 rings (SSSR count). The fourth-order valence-corrected chi connectivity index (χ4v) is 3.40. The Labute approximate surface area is 150 Å². The summed E-state index contributed by atoms with van der Waals surface area (Å²) in [5, 5.41) is 11.0. The molecule has 2 aliphatic heterocycles. The maximum absolute atomic E-state index is 12.9. The fourth-order valence-electron chi connectivity index (χ4n) is 3.40. The molecule has 0 spiro atoms. The molecule has 1 fully saturated rings. The van der Waals surface area contributed by atoms with E-state index in [9.17, 15) is 14.7 Å². The maximum atomic E-state index is 12.9. The molecule has 1 atom stereocenters. The summed E-state index contributed by atoms with van der Waals surface area (Å²) in [6.45, 7) is 1.68. The predicted octanol–water partition coefficient (Wildman–Crippen LogP) is 1.34. The number of hydrogen-bond donors (Lipinski definition) is 1. The van der Waals surface area contributed by atoms with E-state index in [1.54, 1.807) is 29.6 Å². The van der Waals surface area contributed by atoms with E-state index in [1.807, 2.05) is 4.57 Å². The SMILES string of the molecule is O=C(c1cccc(O)c1)N1Cc2cncn2[C@@H](C(=O)N2CCCCO2)C1. The molecular weight excluding hydrogens is 336 g/mol. The maximum Gasteiger partial charge on any atom is 0.271 e. The highest BCUT2D eigenvalue weighted by molar-refractivity contribution is 5.95. The number of rotatable bonds is 2. The van der Waals surface area contributed by atoms with Gasteiger partial charge in [0.1, 0.15) is 11.8 Å². The summed E-state index contributed by atoms with van der Waals surface area (Å²) in [6.07, 6.45) is 5.13. The van der Waals surface area contributed by atoms with Crippen LogP contribution in [0.15, 0.2) is 36.8 Å². The molecule has 136 valence electrons. The average Bonchev–Trinajstić information content (AvgIpc) is 3.15. The van der Waals surface area contributed by atoms with Crippen molar-refractivity contribution in [2.45, 2.75) is 25.4 Å². The molecule has 1 N–H and O–H groups in total. The first-order valence-corrected chi connectivity index (χ1v) is 8.67. The molecule has 8 nitrogen and oxygen atoms in total. The smallest absolute Gasteiger partial charge is 0.271 e.